The summed E-state index contributed by atoms with van der Waals surface area (Å²) in [5.74, 6) is 0.201. The van der Waals surface area contributed by atoms with Gasteiger partial charge in [-0.2, -0.15) is 0 Å². The summed E-state index contributed by atoms with van der Waals surface area (Å²) in [6, 6.07) is 0. The third-order valence-corrected chi connectivity index (χ3v) is 4.24. The highest BCUT2D eigenvalue weighted by Gasteiger charge is 2.34. The Hall–Kier alpha value is -0.320. The molecule has 1 unspecified atom stereocenters. The standard InChI is InChI=1S/C15H30N2O2.ClH/c1-4-19-10-9-15(7-5-6-8-15)12-17-14(18)13(2)11-16-3;/h13,16H,4-12H2,1-3H3,(H,17,18);1H. The highest BCUT2D eigenvalue weighted by molar-refractivity contribution is 5.85. The molecule has 1 amide bonds. The van der Waals surface area contributed by atoms with E-state index in [1.165, 1.54) is 25.7 Å². The first-order chi connectivity index (χ1) is 9.13. The molecular formula is C15H31ClN2O2. The quantitative estimate of drug-likeness (QED) is 0.643. The first-order valence-electron chi connectivity index (χ1n) is 7.63. The molecule has 5 heteroatoms. The van der Waals surface area contributed by atoms with Crippen LogP contribution in [0.4, 0.5) is 0 Å². The van der Waals surface area contributed by atoms with Gasteiger partial charge in [0.15, 0.2) is 0 Å². The summed E-state index contributed by atoms with van der Waals surface area (Å²) in [5, 5.41) is 6.19. The zero-order valence-electron chi connectivity index (χ0n) is 13.2. The SMILES string of the molecule is CCOCCC1(CNC(=O)C(C)CNC)CCCC1.Cl. The maximum absolute atomic E-state index is 12.0. The van der Waals surface area contributed by atoms with E-state index < -0.39 is 0 Å². The van der Waals surface area contributed by atoms with Gasteiger partial charge in [-0.25, -0.2) is 0 Å². The topological polar surface area (TPSA) is 50.4 Å². The minimum atomic E-state index is 0. The van der Waals surface area contributed by atoms with Crippen LogP contribution in [0.15, 0.2) is 0 Å². The number of amides is 1. The Bertz CT molecular complexity index is 269. The van der Waals surface area contributed by atoms with E-state index >= 15 is 0 Å². The molecular weight excluding hydrogens is 276 g/mol. The summed E-state index contributed by atoms with van der Waals surface area (Å²) >= 11 is 0. The van der Waals surface area contributed by atoms with Gasteiger partial charge in [-0.3, -0.25) is 4.79 Å². The van der Waals surface area contributed by atoms with Crippen molar-refractivity contribution in [1.29, 1.82) is 0 Å². The van der Waals surface area contributed by atoms with Gasteiger partial charge in [-0.1, -0.05) is 19.8 Å². The van der Waals surface area contributed by atoms with Crippen molar-refractivity contribution in [3.63, 3.8) is 0 Å². The number of hydrogen-bond donors (Lipinski definition) is 2. The van der Waals surface area contributed by atoms with Gasteiger partial charge < -0.3 is 15.4 Å². The Balaban J connectivity index is 0.00000361. The molecule has 1 saturated carbocycles. The second-order valence-corrected chi connectivity index (χ2v) is 5.83. The van der Waals surface area contributed by atoms with E-state index in [1.807, 2.05) is 20.9 Å². The molecule has 20 heavy (non-hydrogen) atoms. The molecule has 0 aliphatic heterocycles. The normalized spacial score (nSPS) is 18.4. The lowest BCUT2D eigenvalue weighted by Gasteiger charge is -2.29. The first-order valence-corrected chi connectivity index (χ1v) is 7.63. The third-order valence-electron chi connectivity index (χ3n) is 4.24. The van der Waals surface area contributed by atoms with Crippen LogP contribution in [0.2, 0.25) is 0 Å². The number of hydrogen-bond acceptors (Lipinski definition) is 3. The Labute approximate surface area is 129 Å². The largest absolute Gasteiger partial charge is 0.382 e. The van der Waals surface area contributed by atoms with Gasteiger partial charge in [-0.15, -0.1) is 12.4 Å². The fourth-order valence-corrected chi connectivity index (χ4v) is 2.92. The predicted octanol–water partition coefficient (Wildman–Crippen LogP) is 2.37. The average molecular weight is 307 g/mol. The molecule has 1 aliphatic rings. The molecule has 1 fully saturated rings. The highest BCUT2D eigenvalue weighted by Crippen LogP contribution is 2.40. The molecule has 0 saturated heterocycles. The van der Waals surface area contributed by atoms with Gasteiger partial charge in [0.1, 0.15) is 0 Å². The van der Waals surface area contributed by atoms with Crippen molar-refractivity contribution < 1.29 is 9.53 Å². The molecule has 2 N–H and O–H groups in total. The molecule has 0 spiro atoms. The predicted molar refractivity (Wildman–Crippen MR) is 85.4 cm³/mol. The van der Waals surface area contributed by atoms with Crippen LogP contribution in [-0.4, -0.2) is 39.3 Å². The van der Waals surface area contributed by atoms with Crippen LogP contribution in [0.3, 0.4) is 0 Å². The first kappa shape index (κ1) is 19.7. The lowest BCUT2D eigenvalue weighted by atomic mass is 9.82. The van der Waals surface area contributed by atoms with E-state index in [9.17, 15) is 4.79 Å². The second kappa shape index (κ2) is 10.4. The minimum Gasteiger partial charge on any atom is -0.382 e. The Morgan fingerprint density at radius 2 is 2.00 bits per heavy atom. The molecule has 0 aromatic heterocycles. The van der Waals surface area contributed by atoms with E-state index in [0.29, 0.717) is 0 Å². The summed E-state index contributed by atoms with van der Waals surface area (Å²) in [6.07, 6.45) is 6.09. The van der Waals surface area contributed by atoms with E-state index in [2.05, 4.69) is 10.6 Å². The van der Waals surface area contributed by atoms with E-state index in [-0.39, 0.29) is 29.6 Å². The lowest BCUT2D eigenvalue weighted by Crippen LogP contribution is -2.41. The summed E-state index contributed by atoms with van der Waals surface area (Å²) in [5.41, 5.74) is 0.282. The number of halogens is 1. The van der Waals surface area contributed by atoms with Crippen LogP contribution in [0.5, 0.6) is 0 Å². The fourth-order valence-electron chi connectivity index (χ4n) is 2.92. The van der Waals surface area contributed by atoms with Crippen molar-refractivity contribution >= 4 is 18.3 Å². The Kier molecular flexibility index (Phi) is 10.2. The van der Waals surface area contributed by atoms with E-state index in [0.717, 1.165) is 32.7 Å². The fraction of sp³-hybridized carbons (Fsp3) is 0.933. The maximum atomic E-state index is 12.0. The molecule has 0 heterocycles. The van der Waals surface area contributed by atoms with Crippen molar-refractivity contribution in [2.45, 2.75) is 46.0 Å². The number of carbonyl (C=O) groups is 1. The van der Waals surface area contributed by atoms with Crippen molar-refractivity contribution in [2.24, 2.45) is 11.3 Å². The van der Waals surface area contributed by atoms with Gasteiger partial charge in [0.2, 0.25) is 5.91 Å². The second-order valence-electron chi connectivity index (χ2n) is 5.83. The Morgan fingerprint density at radius 3 is 2.55 bits per heavy atom. The molecule has 120 valence electrons. The molecule has 0 radical (unpaired) electrons. The van der Waals surface area contributed by atoms with Crippen molar-refractivity contribution in [3.05, 3.63) is 0 Å². The number of carbonyl (C=O) groups excluding carboxylic acids is 1. The van der Waals surface area contributed by atoms with Crippen LogP contribution in [0, 0.1) is 11.3 Å². The molecule has 1 atom stereocenters. The number of rotatable bonds is 9. The van der Waals surface area contributed by atoms with Crippen LogP contribution >= 0.6 is 12.4 Å². The van der Waals surface area contributed by atoms with Crippen molar-refractivity contribution in [2.75, 3.05) is 33.4 Å². The van der Waals surface area contributed by atoms with Gasteiger partial charge in [-0.05, 0) is 38.6 Å². The Morgan fingerprint density at radius 1 is 1.35 bits per heavy atom. The van der Waals surface area contributed by atoms with Crippen LogP contribution in [-0.2, 0) is 9.53 Å². The highest BCUT2D eigenvalue weighted by atomic mass is 35.5. The monoisotopic (exact) mass is 306 g/mol. The third kappa shape index (κ3) is 6.42. The van der Waals surface area contributed by atoms with Crippen LogP contribution in [0.1, 0.15) is 46.0 Å². The summed E-state index contributed by atoms with van der Waals surface area (Å²) in [7, 11) is 1.88. The molecule has 0 aromatic rings. The van der Waals surface area contributed by atoms with Gasteiger partial charge >= 0.3 is 0 Å². The van der Waals surface area contributed by atoms with E-state index in [4.69, 9.17) is 4.74 Å². The molecule has 0 bridgehead atoms. The number of nitrogens with one attached hydrogen (secondary N) is 2. The molecule has 1 aliphatic carbocycles. The molecule has 4 nitrogen and oxygen atoms in total. The van der Waals surface area contributed by atoms with Gasteiger partial charge in [0.25, 0.3) is 0 Å². The number of ether oxygens (including phenoxy) is 1. The summed E-state index contributed by atoms with van der Waals surface area (Å²) in [4.78, 5) is 12.0. The van der Waals surface area contributed by atoms with Crippen molar-refractivity contribution in [1.82, 2.24) is 10.6 Å². The van der Waals surface area contributed by atoms with Gasteiger partial charge in [0, 0.05) is 32.2 Å². The lowest BCUT2D eigenvalue weighted by molar-refractivity contribution is -0.125. The maximum Gasteiger partial charge on any atom is 0.224 e. The summed E-state index contributed by atoms with van der Waals surface area (Å²) < 4.78 is 5.49. The summed E-state index contributed by atoms with van der Waals surface area (Å²) in [6.45, 7) is 7.14. The van der Waals surface area contributed by atoms with Crippen molar-refractivity contribution in [3.8, 4) is 0 Å². The molecule has 0 aromatic carbocycles. The van der Waals surface area contributed by atoms with E-state index in [1.54, 1.807) is 0 Å². The average Bonchev–Trinajstić information content (AvgIpc) is 2.86. The zero-order chi connectivity index (χ0) is 14.1. The van der Waals surface area contributed by atoms with Gasteiger partial charge in [0.05, 0.1) is 0 Å². The molecule has 1 rings (SSSR count). The zero-order valence-corrected chi connectivity index (χ0v) is 14.0. The van der Waals surface area contributed by atoms with Crippen LogP contribution in [0.25, 0.3) is 0 Å². The smallest absolute Gasteiger partial charge is 0.224 e. The van der Waals surface area contributed by atoms with Crippen LogP contribution < -0.4 is 10.6 Å². The minimum absolute atomic E-state index is 0.